The molecule has 1 aromatic heterocycles. The summed E-state index contributed by atoms with van der Waals surface area (Å²) < 4.78 is 14.0. The molecule has 0 bridgehead atoms. The molecule has 0 atom stereocenters. The van der Waals surface area contributed by atoms with E-state index >= 15 is 0 Å². The van der Waals surface area contributed by atoms with Gasteiger partial charge in [-0.2, -0.15) is 0 Å². The van der Waals surface area contributed by atoms with Crippen LogP contribution in [0.1, 0.15) is 24.5 Å². The van der Waals surface area contributed by atoms with Crippen LogP contribution in [-0.4, -0.2) is 9.97 Å². The van der Waals surface area contributed by atoms with Gasteiger partial charge in [-0.15, -0.1) is 0 Å². The minimum atomic E-state index is -0.333. The molecule has 6 heteroatoms. The highest BCUT2D eigenvalue weighted by Crippen LogP contribution is 2.40. The number of anilines is 1. The smallest absolute Gasteiger partial charge is 0.161 e. The molecule has 0 radical (unpaired) electrons. The Bertz CT molecular complexity index is 628. The lowest BCUT2D eigenvalue weighted by molar-refractivity contribution is 0.621. The van der Waals surface area contributed by atoms with Crippen molar-refractivity contribution in [2.24, 2.45) is 5.84 Å². The minimum Gasteiger partial charge on any atom is -0.308 e. The van der Waals surface area contributed by atoms with E-state index in [-0.39, 0.29) is 5.82 Å². The average molecular weight is 323 g/mol. The third-order valence-corrected chi connectivity index (χ3v) is 3.71. The van der Waals surface area contributed by atoms with Crippen LogP contribution in [0.3, 0.4) is 0 Å². The number of aromatic nitrogens is 2. The van der Waals surface area contributed by atoms with Crippen molar-refractivity contribution in [1.29, 1.82) is 0 Å². The number of nitrogens with two attached hydrogens (primary N) is 1. The van der Waals surface area contributed by atoms with Gasteiger partial charge in [0, 0.05) is 23.2 Å². The fraction of sp³-hybridized carbons (Fsp3) is 0.231. The minimum absolute atomic E-state index is 0.333. The summed E-state index contributed by atoms with van der Waals surface area (Å²) in [4.78, 5) is 8.77. The topological polar surface area (TPSA) is 63.8 Å². The maximum Gasteiger partial charge on any atom is 0.161 e. The van der Waals surface area contributed by atoms with Crippen molar-refractivity contribution >= 4 is 21.7 Å². The van der Waals surface area contributed by atoms with Crippen molar-refractivity contribution in [2.75, 3.05) is 5.43 Å². The highest BCUT2D eigenvalue weighted by Gasteiger charge is 2.26. The maximum atomic E-state index is 13.6. The molecule has 98 valence electrons. The third kappa shape index (κ3) is 2.59. The molecule has 3 N–H and O–H groups in total. The highest BCUT2D eigenvalue weighted by molar-refractivity contribution is 9.10. The summed E-state index contributed by atoms with van der Waals surface area (Å²) in [7, 11) is 0. The SMILES string of the molecule is NNc1cc(C2CC2)nc(-c2ccc(Br)c(F)c2)n1. The Morgan fingerprint density at radius 2 is 2.05 bits per heavy atom. The zero-order valence-corrected chi connectivity index (χ0v) is 11.6. The Kier molecular flexibility index (Phi) is 3.20. The Hall–Kier alpha value is -1.53. The van der Waals surface area contributed by atoms with E-state index in [0.29, 0.717) is 27.6 Å². The van der Waals surface area contributed by atoms with Crippen LogP contribution in [0.2, 0.25) is 0 Å². The monoisotopic (exact) mass is 322 g/mol. The third-order valence-electron chi connectivity index (χ3n) is 3.07. The van der Waals surface area contributed by atoms with Gasteiger partial charge >= 0.3 is 0 Å². The lowest BCUT2D eigenvalue weighted by Gasteiger charge is -2.07. The summed E-state index contributed by atoms with van der Waals surface area (Å²) >= 11 is 3.13. The molecule has 1 fully saturated rings. The Morgan fingerprint density at radius 1 is 1.26 bits per heavy atom. The fourth-order valence-corrected chi connectivity index (χ4v) is 2.14. The van der Waals surface area contributed by atoms with Crippen molar-refractivity contribution in [3.63, 3.8) is 0 Å². The van der Waals surface area contributed by atoms with Gasteiger partial charge in [0.25, 0.3) is 0 Å². The van der Waals surface area contributed by atoms with E-state index in [4.69, 9.17) is 5.84 Å². The van der Waals surface area contributed by atoms with Crippen LogP contribution in [0.15, 0.2) is 28.7 Å². The molecule has 1 aliphatic carbocycles. The lowest BCUT2D eigenvalue weighted by atomic mass is 10.2. The normalized spacial score (nSPS) is 14.5. The van der Waals surface area contributed by atoms with Crippen LogP contribution in [0.4, 0.5) is 10.2 Å². The molecule has 0 aliphatic heterocycles. The van der Waals surface area contributed by atoms with E-state index in [0.717, 1.165) is 18.5 Å². The van der Waals surface area contributed by atoms with Crippen LogP contribution < -0.4 is 11.3 Å². The van der Waals surface area contributed by atoms with Gasteiger partial charge in [0.1, 0.15) is 11.6 Å². The summed E-state index contributed by atoms with van der Waals surface area (Å²) in [5, 5.41) is 0. The molecule has 4 nitrogen and oxygen atoms in total. The molecule has 2 aromatic rings. The van der Waals surface area contributed by atoms with E-state index in [2.05, 4.69) is 31.3 Å². The summed E-state index contributed by atoms with van der Waals surface area (Å²) in [5.74, 6) is 6.61. The molecule has 1 saturated carbocycles. The number of halogens is 2. The van der Waals surface area contributed by atoms with Crippen molar-refractivity contribution in [1.82, 2.24) is 9.97 Å². The number of benzene rings is 1. The number of rotatable bonds is 3. The first-order valence-corrected chi connectivity index (χ1v) is 6.77. The number of hydrazine groups is 1. The molecule has 0 spiro atoms. The van der Waals surface area contributed by atoms with Crippen LogP contribution >= 0.6 is 15.9 Å². The van der Waals surface area contributed by atoms with Crippen molar-refractivity contribution in [3.05, 3.63) is 40.2 Å². The quantitative estimate of drug-likeness (QED) is 0.672. The van der Waals surface area contributed by atoms with Crippen LogP contribution in [0.25, 0.3) is 11.4 Å². The summed E-state index contributed by atoms with van der Waals surface area (Å²) in [6.07, 6.45) is 2.27. The van der Waals surface area contributed by atoms with Crippen molar-refractivity contribution in [3.8, 4) is 11.4 Å². The van der Waals surface area contributed by atoms with Gasteiger partial charge in [0.05, 0.1) is 4.47 Å². The van der Waals surface area contributed by atoms with E-state index in [1.165, 1.54) is 6.07 Å². The second-order valence-corrected chi connectivity index (χ2v) is 5.40. The van der Waals surface area contributed by atoms with Gasteiger partial charge in [-0.05, 0) is 47.0 Å². The maximum absolute atomic E-state index is 13.6. The second-order valence-electron chi connectivity index (χ2n) is 4.55. The van der Waals surface area contributed by atoms with Crippen LogP contribution in [0, 0.1) is 5.82 Å². The number of nitrogens with zero attached hydrogens (tertiary/aromatic N) is 2. The Balaban J connectivity index is 2.07. The van der Waals surface area contributed by atoms with Gasteiger partial charge in [-0.1, -0.05) is 0 Å². The molecule has 3 rings (SSSR count). The Morgan fingerprint density at radius 3 is 2.68 bits per heavy atom. The van der Waals surface area contributed by atoms with Crippen molar-refractivity contribution in [2.45, 2.75) is 18.8 Å². The number of hydrogen-bond donors (Lipinski definition) is 2. The average Bonchev–Trinajstić information content (AvgIpc) is 3.26. The van der Waals surface area contributed by atoms with E-state index in [1.54, 1.807) is 12.1 Å². The summed E-state index contributed by atoms with van der Waals surface area (Å²) in [6.45, 7) is 0. The second kappa shape index (κ2) is 4.86. The lowest BCUT2D eigenvalue weighted by Crippen LogP contribution is -2.10. The standard InChI is InChI=1S/C13H12BrFN4/c14-9-4-3-8(5-10(9)15)13-17-11(7-1-2-7)6-12(18-13)19-16/h3-7H,1-2,16H2,(H,17,18,19). The predicted octanol–water partition coefficient (Wildman–Crippen LogP) is 3.21. The Labute approximate surface area is 118 Å². The molecular formula is C13H12BrFN4. The van der Waals surface area contributed by atoms with E-state index < -0.39 is 0 Å². The van der Waals surface area contributed by atoms with Crippen LogP contribution in [0.5, 0.6) is 0 Å². The summed E-state index contributed by atoms with van der Waals surface area (Å²) in [5.41, 5.74) is 4.13. The summed E-state index contributed by atoms with van der Waals surface area (Å²) in [6, 6.07) is 6.68. The number of nitrogen functional groups attached to an aromatic ring is 1. The first kappa shape index (κ1) is 12.5. The van der Waals surface area contributed by atoms with Gasteiger partial charge in [0.2, 0.25) is 0 Å². The van der Waals surface area contributed by atoms with Crippen molar-refractivity contribution < 1.29 is 4.39 Å². The largest absolute Gasteiger partial charge is 0.308 e. The van der Waals surface area contributed by atoms with Gasteiger partial charge in [0.15, 0.2) is 5.82 Å². The first-order valence-electron chi connectivity index (χ1n) is 5.98. The predicted molar refractivity (Wildman–Crippen MR) is 74.9 cm³/mol. The molecule has 0 amide bonds. The molecule has 0 unspecified atom stereocenters. The van der Waals surface area contributed by atoms with Gasteiger partial charge in [-0.25, -0.2) is 20.2 Å². The molecule has 19 heavy (non-hydrogen) atoms. The number of hydrogen-bond acceptors (Lipinski definition) is 4. The molecule has 1 aromatic carbocycles. The zero-order chi connectivity index (χ0) is 13.4. The highest BCUT2D eigenvalue weighted by atomic mass is 79.9. The van der Waals surface area contributed by atoms with E-state index in [9.17, 15) is 4.39 Å². The van der Waals surface area contributed by atoms with Gasteiger partial charge < -0.3 is 5.43 Å². The first-order chi connectivity index (χ1) is 9.17. The fourth-order valence-electron chi connectivity index (χ4n) is 1.89. The van der Waals surface area contributed by atoms with E-state index in [1.807, 2.05) is 6.07 Å². The molecule has 1 heterocycles. The van der Waals surface area contributed by atoms with Gasteiger partial charge in [-0.3, -0.25) is 0 Å². The number of nitrogens with one attached hydrogen (secondary N) is 1. The molecule has 0 saturated heterocycles. The molecule has 1 aliphatic rings. The molecular weight excluding hydrogens is 311 g/mol. The van der Waals surface area contributed by atoms with Crippen LogP contribution in [-0.2, 0) is 0 Å². The zero-order valence-electron chi connectivity index (χ0n) is 10.0.